The highest BCUT2D eigenvalue weighted by molar-refractivity contribution is 6.01. The molecule has 37 heavy (non-hydrogen) atoms. The van der Waals surface area contributed by atoms with Gasteiger partial charge < -0.3 is 15.4 Å². The van der Waals surface area contributed by atoms with Crippen LogP contribution in [0.4, 0.5) is 29.3 Å². The molecule has 0 bridgehead atoms. The first-order valence-electron chi connectivity index (χ1n) is 11.7. The lowest BCUT2D eigenvalue weighted by Crippen LogP contribution is -2.26. The van der Waals surface area contributed by atoms with Crippen LogP contribution in [0.25, 0.3) is 11.1 Å². The maximum atomic E-state index is 13.1. The molecule has 6 nitrogen and oxygen atoms in total. The summed E-state index contributed by atoms with van der Waals surface area (Å²) >= 11 is 0. The fourth-order valence-corrected chi connectivity index (χ4v) is 4.62. The van der Waals surface area contributed by atoms with Crippen molar-refractivity contribution in [1.29, 1.82) is 0 Å². The van der Waals surface area contributed by atoms with Gasteiger partial charge in [-0.25, -0.2) is 4.79 Å². The van der Waals surface area contributed by atoms with E-state index in [1.165, 1.54) is 25.3 Å². The molecule has 3 aromatic rings. The zero-order chi connectivity index (χ0) is 26.6. The number of para-hydroxylation sites is 1. The molecule has 2 N–H and O–H groups in total. The van der Waals surface area contributed by atoms with Gasteiger partial charge >= 0.3 is 18.2 Å². The van der Waals surface area contributed by atoms with Crippen LogP contribution in [0.1, 0.15) is 35.2 Å². The number of carbonyl (C=O) groups is 3. The fourth-order valence-electron chi connectivity index (χ4n) is 4.62. The average molecular weight is 511 g/mol. The van der Waals surface area contributed by atoms with Crippen molar-refractivity contribution in [3.05, 3.63) is 83.9 Å². The molecule has 9 heteroatoms. The molecule has 1 fully saturated rings. The first-order valence-corrected chi connectivity index (χ1v) is 11.7. The number of carbonyl (C=O) groups excluding carboxylic acids is 3. The van der Waals surface area contributed by atoms with Crippen LogP contribution in [0.2, 0.25) is 0 Å². The number of hydrogen-bond donors (Lipinski definition) is 2. The predicted molar refractivity (Wildman–Crippen MR) is 133 cm³/mol. The van der Waals surface area contributed by atoms with E-state index in [0.29, 0.717) is 24.1 Å². The monoisotopic (exact) mass is 510 g/mol. The Hall–Kier alpha value is -4.14. The number of halogens is 3. The number of amides is 2. The zero-order valence-electron chi connectivity index (χ0n) is 20.0. The normalized spacial score (nSPS) is 17.2. The second-order valence-electron chi connectivity index (χ2n) is 8.81. The molecule has 0 unspecified atom stereocenters. The Morgan fingerprint density at radius 1 is 0.811 bits per heavy atom. The lowest BCUT2D eigenvalue weighted by Gasteiger charge is -2.16. The van der Waals surface area contributed by atoms with Gasteiger partial charge in [-0.15, -0.1) is 0 Å². The molecule has 0 aromatic heterocycles. The van der Waals surface area contributed by atoms with E-state index in [4.69, 9.17) is 4.74 Å². The van der Waals surface area contributed by atoms with Gasteiger partial charge in [0.15, 0.2) is 5.78 Å². The summed E-state index contributed by atoms with van der Waals surface area (Å²) in [6.07, 6.45) is -2.48. The largest absolute Gasteiger partial charge is 0.469 e. The number of urea groups is 1. The van der Waals surface area contributed by atoms with E-state index < -0.39 is 23.7 Å². The summed E-state index contributed by atoms with van der Waals surface area (Å²) in [5.74, 6) is -1.20. The second-order valence-corrected chi connectivity index (χ2v) is 8.81. The molecular formula is C28H25F3N2O4. The Kier molecular flexibility index (Phi) is 7.61. The van der Waals surface area contributed by atoms with Crippen molar-refractivity contribution in [3.8, 4) is 11.1 Å². The van der Waals surface area contributed by atoms with Crippen molar-refractivity contribution in [3.63, 3.8) is 0 Å². The number of nitrogens with one attached hydrogen (secondary N) is 2. The lowest BCUT2D eigenvalue weighted by molar-refractivity contribution is -0.146. The molecule has 192 valence electrons. The van der Waals surface area contributed by atoms with Crippen molar-refractivity contribution in [2.45, 2.75) is 25.4 Å². The number of esters is 1. The van der Waals surface area contributed by atoms with Gasteiger partial charge in [0.05, 0.1) is 24.3 Å². The van der Waals surface area contributed by atoms with Crippen molar-refractivity contribution in [2.75, 3.05) is 17.7 Å². The molecule has 1 saturated carbocycles. The first kappa shape index (κ1) is 25.9. The molecule has 2 atom stereocenters. The number of benzene rings is 3. The van der Waals surface area contributed by atoms with E-state index in [2.05, 4.69) is 10.6 Å². The van der Waals surface area contributed by atoms with E-state index in [1.54, 1.807) is 48.5 Å². The Morgan fingerprint density at radius 3 is 2.03 bits per heavy atom. The molecule has 0 aliphatic heterocycles. The highest BCUT2D eigenvalue weighted by Gasteiger charge is 2.38. The first-order chi connectivity index (χ1) is 17.7. The molecule has 1 aliphatic carbocycles. The van der Waals surface area contributed by atoms with Crippen LogP contribution in [0.5, 0.6) is 0 Å². The van der Waals surface area contributed by atoms with E-state index >= 15 is 0 Å². The van der Waals surface area contributed by atoms with Crippen molar-refractivity contribution < 1.29 is 32.3 Å². The smallest absolute Gasteiger partial charge is 0.418 e. The molecule has 2 amide bonds. The van der Waals surface area contributed by atoms with Gasteiger partial charge in [-0.05, 0) is 48.2 Å². The molecule has 3 aromatic carbocycles. The summed E-state index contributed by atoms with van der Waals surface area (Å²) in [5, 5.41) is 4.76. The standard InChI is InChI=1S/C28H25F3N2O4/c1-37-26(35)22-6-4-5-21(22)25(34)19-11-9-17(10-12-19)18-13-15-20(16-14-18)32-27(36)33-24-8-3-2-7-23(24)28(29,30)31/h2-3,7-16,21-22H,4-6H2,1H3,(H2,32,33,36)/t21-,22-/m1/s1. The molecular weight excluding hydrogens is 485 g/mol. The quantitative estimate of drug-likeness (QED) is 0.283. The molecule has 0 heterocycles. The van der Waals surface area contributed by atoms with E-state index in [-0.39, 0.29) is 23.4 Å². The van der Waals surface area contributed by atoms with Gasteiger partial charge in [0.1, 0.15) is 0 Å². The number of anilines is 2. The van der Waals surface area contributed by atoms with Gasteiger partial charge in [-0.2, -0.15) is 13.2 Å². The molecule has 4 rings (SSSR count). The second kappa shape index (κ2) is 10.9. The lowest BCUT2D eigenvalue weighted by atomic mass is 9.88. The number of hydrogen-bond acceptors (Lipinski definition) is 4. The van der Waals surface area contributed by atoms with E-state index in [9.17, 15) is 27.6 Å². The Balaban J connectivity index is 1.40. The number of alkyl halides is 3. The van der Waals surface area contributed by atoms with Crippen LogP contribution in [0.15, 0.2) is 72.8 Å². The Morgan fingerprint density at radius 2 is 1.41 bits per heavy atom. The summed E-state index contributed by atoms with van der Waals surface area (Å²) < 4.78 is 44.2. The minimum atomic E-state index is -4.59. The zero-order valence-corrected chi connectivity index (χ0v) is 20.0. The number of Topliss-reactive ketones (excluding diaryl/α,β-unsaturated/α-hetero) is 1. The van der Waals surface area contributed by atoms with E-state index in [0.717, 1.165) is 23.6 Å². The third-order valence-corrected chi connectivity index (χ3v) is 6.48. The number of methoxy groups -OCH3 is 1. The Labute approximate surface area is 211 Å². The average Bonchev–Trinajstić information content (AvgIpc) is 3.38. The van der Waals surface area contributed by atoms with Gasteiger partial charge in [0.2, 0.25) is 0 Å². The number of rotatable bonds is 6. The summed E-state index contributed by atoms with van der Waals surface area (Å²) in [6.45, 7) is 0. The highest BCUT2D eigenvalue weighted by Crippen LogP contribution is 2.36. The van der Waals surface area contributed by atoms with Crippen molar-refractivity contribution in [2.24, 2.45) is 11.8 Å². The van der Waals surface area contributed by atoms with Crippen LogP contribution in [-0.4, -0.2) is 24.9 Å². The molecule has 0 saturated heterocycles. The van der Waals surface area contributed by atoms with Gasteiger partial charge in [0, 0.05) is 17.2 Å². The van der Waals surface area contributed by atoms with Crippen LogP contribution >= 0.6 is 0 Å². The Bertz CT molecular complexity index is 1290. The molecule has 0 spiro atoms. The minimum absolute atomic E-state index is 0.0721. The van der Waals surface area contributed by atoms with Crippen molar-refractivity contribution >= 4 is 29.2 Å². The summed E-state index contributed by atoms with van der Waals surface area (Å²) in [6, 6.07) is 17.7. The predicted octanol–water partition coefficient (Wildman–Crippen LogP) is 6.79. The van der Waals surface area contributed by atoms with Crippen LogP contribution in [0.3, 0.4) is 0 Å². The third kappa shape index (κ3) is 5.99. The van der Waals surface area contributed by atoms with Crippen LogP contribution < -0.4 is 10.6 Å². The molecule has 0 radical (unpaired) electrons. The van der Waals surface area contributed by atoms with Crippen LogP contribution in [0, 0.1) is 11.8 Å². The van der Waals surface area contributed by atoms with Crippen molar-refractivity contribution in [1.82, 2.24) is 0 Å². The number of ether oxygens (including phenoxy) is 1. The van der Waals surface area contributed by atoms with E-state index in [1.807, 2.05) is 0 Å². The maximum Gasteiger partial charge on any atom is 0.418 e. The SMILES string of the molecule is COC(=O)[C@@H]1CCC[C@H]1C(=O)c1ccc(-c2ccc(NC(=O)Nc3ccccc3C(F)(F)F)cc2)cc1. The fraction of sp³-hybridized carbons (Fsp3) is 0.250. The van der Waals surface area contributed by atoms with Gasteiger partial charge in [-0.3, -0.25) is 9.59 Å². The maximum absolute atomic E-state index is 13.1. The molecule has 1 aliphatic rings. The summed E-state index contributed by atoms with van der Waals surface area (Å²) in [4.78, 5) is 37.2. The summed E-state index contributed by atoms with van der Waals surface area (Å²) in [5.41, 5.74) is 1.31. The minimum Gasteiger partial charge on any atom is -0.469 e. The van der Waals surface area contributed by atoms with Gasteiger partial charge in [-0.1, -0.05) is 55.0 Å². The number of ketones is 1. The topological polar surface area (TPSA) is 84.5 Å². The van der Waals surface area contributed by atoms with Crippen LogP contribution in [-0.2, 0) is 15.7 Å². The summed E-state index contributed by atoms with van der Waals surface area (Å²) in [7, 11) is 1.33. The van der Waals surface area contributed by atoms with Gasteiger partial charge in [0.25, 0.3) is 0 Å². The third-order valence-electron chi connectivity index (χ3n) is 6.48. The highest BCUT2D eigenvalue weighted by atomic mass is 19.4.